The molecule has 168 valence electrons. The van der Waals surface area contributed by atoms with Crippen LogP contribution in [0.25, 0.3) is 0 Å². The predicted molar refractivity (Wildman–Crippen MR) is 118 cm³/mol. The highest BCUT2D eigenvalue weighted by molar-refractivity contribution is 6.04. The number of carbonyl (C=O) groups is 1. The summed E-state index contributed by atoms with van der Waals surface area (Å²) >= 11 is 0. The number of nitrogens with zero attached hydrogens (tertiary/aromatic N) is 3. The Balaban J connectivity index is 1.53. The van der Waals surface area contributed by atoms with Gasteiger partial charge in [0.2, 0.25) is 5.72 Å². The lowest BCUT2D eigenvalue weighted by molar-refractivity contribution is -0.148. The van der Waals surface area contributed by atoms with Gasteiger partial charge in [-0.25, -0.2) is 9.80 Å². The molecular formula is C24H27N3O5. The molecule has 8 nitrogen and oxygen atoms in total. The van der Waals surface area contributed by atoms with Crippen LogP contribution in [0.2, 0.25) is 0 Å². The minimum Gasteiger partial charge on any atom is -0.507 e. The van der Waals surface area contributed by atoms with Crippen molar-refractivity contribution in [3.05, 3.63) is 53.6 Å². The van der Waals surface area contributed by atoms with Crippen LogP contribution in [0, 0.1) is 0 Å². The zero-order valence-electron chi connectivity index (χ0n) is 18.3. The molecule has 1 saturated heterocycles. The van der Waals surface area contributed by atoms with Gasteiger partial charge in [-0.05, 0) is 25.1 Å². The van der Waals surface area contributed by atoms with E-state index in [1.807, 2.05) is 35.3 Å². The van der Waals surface area contributed by atoms with Gasteiger partial charge in [-0.2, -0.15) is 5.10 Å². The lowest BCUT2D eigenvalue weighted by Gasteiger charge is -2.51. The molecule has 3 aliphatic rings. The molecule has 3 heterocycles. The SMILES string of the molecule is CCOC(=O)N1CCC2(CC1)Oc1c(OC)cccc1C1CC(c3ccccc3O)=NN12. The van der Waals surface area contributed by atoms with Crippen molar-refractivity contribution in [2.45, 2.75) is 38.0 Å². The van der Waals surface area contributed by atoms with Crippen LogP contribution in [0.4, 0.5) is 4.79 Å². The Kier molecular flexibility index (Phi) is 5.07. The smallest absolute Gasteiger partial charge is 0.409 e. The Morgan fingerprint density at radius 1 is 1.22 bits per heavy atom. The molecule has 0 saturated carbocycles. The summed E-state index contributed by atoms with van der Waals surface area (Å²) in [4.78, 5) is 14.0. The molecule has 1 N–H and O–H groups in total. The molecule has 0 bridgehead atoms. The number of carbonyl (C=O) groups excluding carboxylic acids is 1. The van der Waals surface area contributed by atoms with E-state index in [4.69, 9.17) is 19.3 Å². The van der Waals surface area contributed by atoms with Crippen LogP contribution in [-0.2, 0) is 4.74 Å². The quantitative estimate of drug-likeness (QED) is 0.784. The van der Waals surface area contributed by atoms with E-state index in [0.717, 1.165) is 22.6 Å². The van der Waals surface area contributed by atoms with Gasteiger partial charge in [-0.1, -0.05) is 24.3 Å². The highest BCUT2D eigenvalue weighted by atomic mass is 16.6. The van der Waals surface area contributed by atoms with Crippen molar-refractivity contribution in [2.24, 2.45) is 5.10 Å². The van der Waals surface area contributed by atoms with E-state index in [1.54, 1.807) is 31.1 Å². The van der Waals surface area contributed by atoms with Crippen LogP contribution < -0.4 is 9.47 Å². The van der Waals surface area contributed by atoms with Gasteiger partial charge in [-0.3, -0.25) is 0 Å². The van der Waals surface area contributed by atoms with Gasteiger partial charge in [0.05, 0.1) is 25.5 Å². The van der Waals surface area contributed by atoms with E-state index in [-0.39, 0.29) is 17.9 Å². The molecule has 0 aromatic heterocycles. The lowest BCUT2D eigenvalue weighted by Crippen LogP contribution is -2.59. The number of hydrazone groups is 1. The summed E-state index contributed by atoms with van der Waals surface area (Å²) in [5.74, 6) is 1.63. The Labute approximate surface area is 187 Å². The number of phenolic OH excluding ortho intramolecular Hbond substituents is 1. The van der Waals surface area contributed by atoms with Gasteiger partial charge >= 0.3 is 6.09 Å². The van der Waals surface area contributed by atoms with Crippen molar-refractivity contribution < 1.29 is 24.1 Å². The zero-order valence-corrected chi connectivity index (χ0v) is 18.3. The summed E-state index contributed by atoms with van der Waals surface area (Å²) in [6.45, 7) is 3.17. The van der Waals surface area contributed by atoms with E-state index >= 15 is 0 Å². The van der Waals surface area contributed by atoms with E-state index in [0.29, 0.717) is 44.7 Å². The first-order valence-corrected chi connectivity index (χ1v) is 11.0. The molecule has 32 heavy (non-hydrogen) atoms. The normalized spacial score (nSPS) is 20.8. The van der Waals surface area contributed by atoms with Crippen molar-refractivity contribution in [1.82, 2.24) is 9.91 Å². The lowest BCUT2D eigenvalue weighted by atomic mass is 9.90. The number of phenols is 1. The molecule has 2 aromatic rings. The number of hydrogen-bond donors (Lipinski definition) is 1. The van der Waals surface area contributed by atoms with E-state index in [1.165, 1.54) is 0 Å². The number of aromatic hydroxyl groups is 1. The standard InChI is InChI=1S/C24H27N3O5/c1-3-31-23(29)26-13-11-24(12-14-26)27-19(17-8-6-10-21(30-2)22(17)32-24)15-18(25-27)16-7-4-5-9-20(16)28/h4-10,19,28H,3,11-15H2,1-2H3. The molecule has 1 atom stereocenters. The van der Waals surface area contributed by atoms with E-state index in [2.05, 4.69) is 0 Å². The monoisotopic (exact) mass is 437 g/mol. The van der Waals surface area contributed by atoms with Crippen LogP contribution in [0.1, 0.15) is 43.4 Å². The third-order valence-corrected chi connectivity index (χ3v) is 6.49. The van der Waals surface area contributed by atoms with Crippen LogP contribution in [0.15, 0.2) is 47.6 Å². The molecule has 1 spiro atoms. The number of benzene rings is 2. The molecule has 1 fully saturated rings. The second-order valence-electron chi connectivity index (χ2n) is 8.24. The third-order valence-electron chi connectivity index (χ3n) is 6.49. The maximum Gasteiger partial charge on any atom is 0.409 e. The first-order valence-electron chi connectivity index (χ1n) is 11.0. The fourth-order valence-electron chi connectivity index (χ4n) is 4.90. The van der Waals surface area contributed by atoms with Crippen LogP contribution in [0.5, 0.6) is 17.2 Å². The van der Waals surface area contributed by atoms with Crippen molar-refractivity contribution >= 4 is 11.8 Å². The summed E-state index contributed by atoms with van der Waals surface area (Å²) in [6.07, 6.45) is 1.51. The molecule has 1 amide bonds. The van der Waals surface area contributed by atoms with E-state index in [9.17, 15) is 9.90 Å². The fourth-order valence-corrected chi connectivity index (χ4v) is 4.90. The average molecular weight is 437 g/mol. The molecule has 1 unspecified atom stereocenters. The Hall–Kier alpha value is -3.42. The van der Waals surface area contributed by atoms with Gasteiger partial charge < -0.3 is 24.2 Å². The van der Waals surface area contributed by atoms with E-state index < -0.39 is 5.72 Å². The Bertz CT molecular complexity index is 1060. The first kappa shape index (κ1) is 20.5. The number of rotatable bonds is 3. The summed E-state index contributed by atoms with van der Waals surface area (Å²) in [7, 11) is 1.64. The number of methoxy groups -OCH3 is 1. The molecular weight excluding hydrogens is 410 g/mol. The third kappa shape index (κ3) is 3.21. The maximum atomic E-state index is 12.2. The number of para-hydroxylation sites is 2. The minimum atomic E-state index is -0.707. The van der Waals surface area contributed by atoms with Crippen molar-refractivity contribution in [3.63, 3.8) is 0 Å². The van der Waals surface area contributed by atoms with Gasteiger partial charge in [0.25, 0.3) is 0 Å². The maximum absolute atomic E-state index is 12.2. The van der Waals surface area contributed by atoms with Crippen molar-refractivity contribution in [2.75, 3.05) is 26.8 Å². The number of hydrogen-bond acceptors (Lipinski definition) is 7. The predicted octanol–water partition coefficient (Wildman–Crippen LogP) is 3.89. The summed E-state index contributed by atoms with van der Waals surface area (Å²) in [5.41, 5.74) is 1.85. The number of piperidine rings is 1. The highest BCUT2D eigenvalue weighted by Gasteiger charge is 2.53. The van der Waals surface area contributed by atoms with Gasteiger partial charge in [0, 0.05) is 43.5 Å². The molecule has 2 aromatic carbocycles. The fraction of sp³-hybridized carbons (Fsp3) is 0.417. The minimum absolute atomic E-state index is 0.0439. The van der Waals surface area contributed by atoms with Crippen molar-refractivity contribution in [1.29, 1.82) is 0 Å². The number of likely N-dealkylation sites (tertiary alicyclic amines) is 1. The van der Waals surface area contributed by atoms with Crippen molar-refractivity contribution in [3.8, 4) is 17.2 Å². The van der Waals surface area contributed by atoms with Gasteiger partial charge in [0.1, 0.15) is 5.75 Å². The number of amides is 1. The van der Waals surface area contributed by atoms with Crippen LogP contribution >= 0.6 is 0 Å². The average Bonchev–Trinajstić information content (AvgIpc) is 3.26. The number of ether oxygens (including phenoxy) is 3. The second kappa shape index (κ2) is 7.93. The topological polar surface area (TPSA) is 83.8 Å². The van der Waals surface area contributed by atoms with Gasteiger partial charge in [0.15, 0.2) is 11.5 Å². The molecule has 3 aliphatic heterocycles. The summed E-state index contributed by atoms with van der Waals surface area (Å²) in [6, 6.07) is 13.1. The Morgan fingerprint density at radius 2 is 2.00 bits per heavy atom. The van der Waals surface area contributed by atoms with Gasteiger partial charge in [-0.15, -0.1) is 0 Å². The van der Waals surface area contributed by atoms with Crippen LogP contribution in [-0.4, -0.2) is 59.4 Å². The second-order valence-corrected chi connectivity index (χ2v) is 8.24. The summed E-state index contributed by atoms with van der Waals surface area (Å²) < 4.78 is 17.4. The first-order chi connectivity index (χ1) is 15.6. The Morgan fingerprint density at radius 3 is 2.72 bits per heavy atom. The summed E-state index contributed by atoms with van der Waals surface area (Å²) in [5, 5.41) is 17.4. The van der Waals surface area contributed by atoms with Crippen LogP contribution in [0.3, 0.4) is 0 Å². The zero-order chi connectivity index (χ0) is 22.3. The molecule has 5 rings (SSSR count). The molecule has 0 aliphatic carbocycles. The molecule has 0 radical (unpaired) electrons. The largest absolute Gasteiger partial charge is 0.507 e. The highest BCUT2D eigenvalue weighted by Crippen LogP contribution is 2.53. The number of fused-ring (bicyclic) bond motifs is 4. The molecule has 8 heteroatoms.